The molecular formula is C15H28N2O3. The summed E-state index contributed by atoms with van der Waals surface area (Å²) in [5, 5.41) is 2.79. The Morgan fingerprint density at radius 3 is 2.35 bits per heavy atom. The number of carbonyl (C=O) groups is 2. The molecule has 1 heterocycles. The van der Waals surface area contributed by atoms with Crippen molar-refractivity contribution in [2.45, 2.75) is 59.0 Å². The van der Waals surface area contributed by atoms with Crippen LogP contribution < -0.4 is 5.32 Å². The van der Waals surface area contributed by atoms with Crippen molar-refractivity contribution in [1.82, 2.24) is 10.2 Å². The second-order valence-corrected chi connectivity index (χ2v) is 6.40. The summed E-state index contributed by atoms with van der Waals surface area (Å²) in [6.45, 7) is 9.81. The first-order chi connectivity index (χ1) is 9.31. The van der Waals surface area contributed by atoms with Crippen LogP contribution >= 0.6 is 0 Å². The topological polar surface area (TPSA) is 58.6 Å². The van der Waals surface area contributed by atoms with E-state index in [9.17, 15) is 9.59 Å². The van der Waals surface area contributed by atoms with Crippen LogP contribution in [-0.4, -0.2) is 42.1 Å². The average Bonchev–Trinajstić information content (AvgIpc) is 2.36. The van der Waals surface area contributed by atoms with Crippen LogP contribution in [0.5, 0.6) is 0 Å². The van der Waals surface area contributed by atoms with Gasteiger partial charge in [0, 0.05) is 26.1 Å². The zero-order chi connectivity index (χ0) is 15.2. The molecule has 20 heavy (non-hydrogen) atoms. The standard InChI is InChI=1S/C15H28N2O3/c1-5-13(18)17-10-7-12(8-11-17)6-9-16-14(19)20-15(2,3)4/h12H,5-11H2,1-4H3,(H,16,19). The molecule has 0 aromatic rings. The van der Waals surface area contributed by atoms with E-state index in [0.29, 0.717) is 18.9 Å². The van der Waals surface area contributed by atoms with E-state index in [1.807, 2.05) is 32.6 Å². The summed E-state index contributed by atoms with van der Waals surface area (Å²) >= 11 is 0. The zero-order valence-corrected chi connectivity index (χ0v) is 13.2. The van der Waals surface area contributed by atoms with Crippen molar-refractivity contribution in [3.63, 3.8) is 0 Å². The third kappa shape index (κ3) is 6.26. The largest absolute Gasteiger partial charge is 0.444 e. The van der Waals surface area contributed by atoms with Gasteiger partial charge in [0.2, 0.25) is 5.91 Å². The quantitative estimate of drug-likeness (QED) is 0.863. The van der Waals surface area contributed by atoms with Crippen LogP contribution in [0.2, 0.25) is 0 Å². The lowest BCUT2D eigenvalue weighted by atomic mass is 9.93. The predicted molar refractivity (Wildman–Crippen MR) is 78.4 cm³/mol. The van der Waals surface area contributed by atoms with E-state index in [-0.39, 0.29) is 12.0 Å². The van der Waals surface area contributed by atoms with Gasteiger partial charge in [0.15, 0.2) is 0 Å². The van der Waals surface area contributed by atoms with Crippen LogP contribution in [0.25, 0.3) is 0 Å². The molecule has 1 rings (SSSR count). The summed E-state index contributed by atoms with van der Waals surface area (Å²) in [7, 11) is 0. The number of nitrogens with one attached hydrogen (secondary N) is 1. The van der Waals surface area contributed by atoms with Crippen molar-refractivity contribution in [3.05, 3.63) is 0 Å². The molecular weight excluding hydrogens is 256 g/mol. The molecule has 116 valence electrons. The Bertz CT molecular complexity index is 329. The monoisotopic (exact) mass is 284 g/mol. The van der Waals surface area contributed by atoms with Crippen LogP contribution in [0, 0.1) is 5.92 Å². The van der Waals surface area contributed by atoms with Crippen LogP contribution in [0.1, 0.15) is 53.4 Å². The molecule has 1 aliphatic rings. The predicted octanol–water partition coefficient (Wildman–Crippen LogP) is 2.55. The van der Waals surface area contributed by atoms with E-state index < -0.39 is 5.60 Å². The fourth-order valence-electron chi connectivity index (χ4n) is 2.39. The molecule has 0 saturated carbocycles. The molecule has 0 aromatic carbocycles. The lowest BCUT2D eigenvalue weighted by molar-refractivity contribution is -0.132. The second-order valence-electron chi connectivity index (χ2n) is 6.40. The van der Waals surface area contributed by atoms with E-state index in [2.05, 4.69) is 5.32 Å². The molecule has 0 unspecified atom stereocenters. The third-order valence-electron chi connectivity index (χ3n) is 3.49. The Kier molecular flexibility index (Phi) is 6.30. The van der Waals surface area contributed by atoms with Gasteiger partial charge in [-0.3, -0.25) is 4.79 Å². The van der Waals surface area contributed by atoms with Gasteiger partial charge in [0.05, 0.1) is 0 Å². The van der Waals surface area contributed by atoms with Gasteiger partial charge in [0.1, 0.15) is 5.60 Å². The molecule has 0 spiro atoms. The Morgan fingerprint density at radius 1 is 1.25 bits per heavy atom. The maximum atomic E-state index is 11.6. The first-order valence-corrected chi connectivity index (χ1v) is 7.56. The van der Waals surface area contributed by atoms with Gasteiger partial charge < -0.3 is 15.0 Å². The maximum absolute atomic E-state index is 11.6. The number of nitrogens with zero attached hydrogens (tertiary/aromatic N) is 1. The molecule has 5 nitrogen and oxygen atoms in total. The highest BCUT2D eigenvalue weighted by atomic mass is 16.6. The second kappa shape index (κ2) is 7.50. The third-order valence-corrected chi connectivity index (χ3v) is 3.49. The van der Waals surface area contributed by atoms with Crippen molar-refractivity contribution in [3.8, 4) is 0 Å². The number of amides is 2. The van der Waals surface area contributed by atoms with E-state index in [1.54, 1.807) is 0 Å². The number of hydrogen-bond donors (Lipinski definition) is 1. The minimum Gasteiger partial charge on any atom is -0.444 e. The normalized spacial score (nSPS) is 16.9. The molecule has 0 radical (unpaired) electrons. The number of hydrogen-bond acceptors (Lipinski definition) is 3. The van der Waals surface area contributed by atoms with Gasteiger partial charge in [-0.25, -0.2) is 4.79 Å². The minimum atomic E-state index is -0.448. The van der Waals surface area contributed by atoms with Gasteiger partial charge in [-0.05, 0) is 46.0 Å². The summed E-state index contributed by atoms with van der Waals surface area (Å²) < 4.78 is 5.19. The van der Waals surface area contributed by atoms with Crippen molar-refractivity contribution in [2.75, 3.05) is 19.6 Å². The Balaban J connectivity index is 2.16. The molecule has 1 N–H and O–H groups in total. The SMILES string of the molecule is CCC(=O)N1CCC(CCNC(=O)OC(C)(C)C)CC1. The van der Waals surface area contributed by atoms with E-state index in [1.165, 1.54) is 0 Å². The maximum Gasteiger partial charge on any atom is 0.407 e. The number of piperidine rings is 1. The number of ether oxygens (including phenoxy) is 1. The molecule has 5 heteroatoms. The van der Waals surface area contributed by atoms with Gasteiger partial charge >= 0.3 is 6.09 Å². The number of alkyl carbamates (subject to hydrolysis) is 1. The van der Waals surface area contributed by atoms with Crippen molar-refractivity contribution in [1.29, 1.82) is 0 Å². The van der Waals surface area contributed by atoms with Crippen molar-refractivity contribution < 1.29 is 14.3 Å². The molecule has 1 fully saturated rings. The van der Waals surface area contributed by atoms with Gasteiger partial charge in [0.25, 0.3) is 0 Å². The van der Waals surface area contributed by atoms with Gasteiger partial charge in [-0.15, -0.1) is 0 Å². The lowest BCUT2D eigenvalue weighted by Gasteiger charge is -2.32. The zero-order valence-electron chi connectivity index (χ0n) is 13.2. The van der Waals surface area contributed by atoms with E-state index >= 15 is 0 Å². The molecule has 1 saturated heterocycles. The molecule has 2 amide bonds. The Hall–Kier alpha value is -1.26. The van der Waals surface area contributed by atoms with E-state index in [4.69, 9.17) is 4.74 Å². The molecule has 0 bridgehead atoms. The number of carbonyl (C=O) groups excluding carboxylic acids is 2. The van der Waals surface area contributed by atoms with Gasteiger partial charge in [-0.1, -0.05) is 6.92 Å². The smallest absolute Gasteiger partial charge is 0.407 e. The highest BCUT2D eigenvalue weighted by Gasteiger charge is 2.22. The number of likely N-dealkylation sites (tertiary alicyclic amines) is 1. The first-order valence-electron chi connectivity index (χ1n) is 7.56. The molecule has 1 aliphatic heterocycles. The highest BCUT2D eigenvalue weighted by Crippen LogP contribution is 2.20. The fourth-order valence-corrected chi connectivity index (χ4v) is 2.39. The van der Waals surface area contributed by atoms with Crippen molar-refractivity contribution >= 4 is 12.0 Å². The van der Waals surface area contributed by atoms with E-state index in [0.717, 1.165) is 32.4 Å². The summed E-state index contributed by atoms with van der Waals surface area (Å²) in [5.74, 6) is 0.834. The summed E-state index contributed by atoms with van der Waals surface area (Å²) in [4.78, 5) is 25.0. The first kappa shape index (κ1) is 16.8. The lowest BCUT2D eigenvalue weighted by Crippen LogP contribution is -2.39. The van der Waals surface area contributed by atoms with Crippen molar-refractivity contribution in [2.24, 2.45) is 5.92 Å². The number of rotatable bonds is 4. The minimum absolute atomic E-state index is 0.246. The fraction of sp³-hybridized carbons (Fsp3) is 0.867. The van der Waals surface area contributed by atoms with Crippen LogP contribution in [-0.2, 0) is 9.53 Å². The highest BCUT2D eigenvalue weighted by molar-refractivity contribution is 5.75. The van der Waals surface area contributed by atoms with Crippen LogP contribution in [0.3, 0.4) is 0 Å². The molecule has 0 atom stereocenters. The van der Waals surface area contributed by atoms with Crippen LogP contribution in [0.4, 0.5) is 4.79 Å². The summed E-state index contributed by atoms with van der Waals surface area (Å²) in [6, 6.07) is 0. The summed E-state index contributed by atoms with van der Waals surface area (Å²) in [5.41, 5.74) is -0.448. The molecule has 0 aromatic heterocycles. The average molecular weight is 284 g/mol. The Morgan fingerprint density at radius 2 is 1.85 bits per heavy atom. The van der Waals surface area contributed by atoms with Gasteiger partial charge in [-0.2, -0.15) is 0 Å². The van der Waals surface area contributed by atoms with Crippen LogP contribution in [0.15, 0.2) is 0 Å². The Labute approximate surface area is 122 Å². The summed E-state index contributed by atoms with van der Waals surface area (Å²) in [6.07, 6.45) is 3.25. The molecule has 0 aliphatic carbocycles.